The second-order valence-electron chi connectivity index (χ2n) is 5.71. The van der Waals surface area contributed by atoms with E-state index in [-0.39, 0.29) is 0 Å². The van der Waals surface area contributed by atoms with Gasteiger partial charge < -0.3 is 5.32 Å². The van der Waals surface area contributed by atoms with E-state index in [2.05, 4.69) is 51.8 Å². The molecule has 3 nitrogen and oxygen atoms in total. The second-order valence-corrected chi connectivity index (χ2v) is 6.57. The first-order chi connectivity index (χ1) is 10.2. The van der Waals surface area contributed by atoms with Gasteiger partial charge in [-0.15, -0.1) is 0 Å². The number of hydrogen-bond acceptors (Lipinski definition) is 2. The molecule has 1 N–H and O–H groups in total. The molecule has 0 saturated heterocycles. The van der Waals surface area contributed by atoms with E-state index in [9.17, 15) is 0 Å². The van der Waals surface area contributed by atoms with Gasteiger partial charge in [0.2, 0.25) is 0 Å². The van der Waals surface area contributed by atoms with Crippen LogP contribution >= 0.6 is 15.9 Å². The van der Waals surface area contributed by atoms with Gasteiger partial charge in [0.25, 0.3) is 0 Å². The quantitative estimate of drug-likeness (QED) is 0.503. The highest BCUT2D eigenvalue weighted by Crippen LogP contribution is 2.27. The lowest BCUT2D eigenvalue weighted by atomic mass is 10.0. The van der Waals surface area contributed by atoms with Gasteiger partial charge in [0, 0.05) is 6.54 Å². The van der Waals surface area contributed by atoms with Crippen LogP contribution in [0.3, 0.4) is 0 Å². The Labute approximate surface area is 139 Å². The summed E-state index contributed by atoms with van der Waals surface area (Å²) in [5.74, 6) is 0. The molecule has 0 aliphatic rings. The van der Waals surface area contributed by atoms with E-state index in [0.717, 1.165) is 17.6 Å². The maximum Gasteiger partial charge on any atom is 0.0695 e. The molecule has 21 heavy (non-hydrogen) atoms. The predicted molar refractivity (Wildman–Crippen MR) is 94.6 cm³/mol. The standard InChI is InChI=1S/C17H32BrN3/c1-4-7-8-9-10-11-12-13-16(19-5-2)17-15(18)14-20-21(17)6-3/h14,16,19H,4-13H2,1-3H3. The van der Waals surface area contributed by atoms with Gasteiger partial charge in [-0.3, -0.25) is 4.68 Å². The molecule has 1 aromatic heterocycles. The Bertz CT molecular complexity index is 376. The van der Waals surface area contributed by atoms with E-state index in [0.29, 0.717) is 6.04 Å². The summed E-state index contributed by atoms with van der Waals surface area (Å²) < 4.78 is 3.25. The number of unbranched alkanes of at least 4 members (excludes halogenated alkanes) is 6. The molecule has 1 atom stereocenters. The topological polar surface area (TPSA) is 29.9 Å². The zero-order valence-electron chi connectivity index (χ0n) is 14.0. The van der Waals surface area contributed by atoms with Gasteiger partial charge in [0.05, 0.1) is 22.4 Å². The number of nitrogens with zero attached hydrogens (tertiary/aromatic N) is 2. The molecule has 4 heteroatoms. The number of aromatic nitrogens is 2. The highest BCUT2D eigenvalue weighted by atomic mass is 79.9. The van der Waals surface area contributed by atoms with Gasteiger partial charge in [-0.25, -0.2) is 0 Å². The van der Waals surface area contributed by atoms with Crippen LogP contribution in [0.1, 0.15) is 83.9 Å². The lowest BCUT2D eigenvalue weighted by Gasteiger charge is -2.20. The summed E-state index contributed by atoms with van der Waals surface area (Å²) in [6, 6.07) is 0.419. The van der Waals surface area contributed by atoms with Crippen molar-refractivity contribution >= 4 is 15.9 Å². The van der Waals surface area contributed by atoms with E-state index in [1.54, 1.807) is 0 Å². The number of aryl methyl sites for hydroxylation is 1. The largest absolute Gasteiger partial charge is 0.309 e. The van der Waals surface area contributed by atoms with Gasteiger partial charge in [-0.05, 0) is 35.8 Å². The van der Waals surface area contributed by atoms with E-state index >= 15 is 0 Å². The Morgan fingerprint density at radius 2 is 1.76 bits per heavy atom. The molecule has 1 rings (SSSR count). The fraction of sp³-hybridized carbons (Fsp3) is 0.824. The van der Waals surface area contributed by atoms with E-state index in [1.807, 2.05) is 6.20 Å². The van der Waals surface area contributed by atoms with Crippen LogP contribution in [0.25, 0.3) is 0 Å². The minimum atomic E-state index is 0.419. The second kappa shape index (κ2) is 11.2. The summed E-state index contributed by atoms with van der Waals surface area (Å²) in [5, 5.41) is 8.07. The Balaban J connectivity index is 2.41. The Hall–Kier alpha value is -0.350. The lowest BCUT2D eigenvalue weighted by Crippen LogP contribution is -2.24. The molecular weight excluding hydrogens is 326 g/mol. The van der Waals surface area contributed by atoms with E-state index < -0.39 is 0 Å². The number of halogens is 1. The minimum absolute atomic E-state index is 0.419. The molecule has 0 aromatic carbocycles. The van der Waals surface area contributed by atoms with Gasteiger partial charge in [0.1, 0.15) is 0 Å². The van der Waals surface area contributed by atoms with E-state index in [4.69, 9.17) is 0 Å². The SMILES string of the molecule is CCCCCCCCCC(NCC)c1c(Br)cnn1CC. The van der Waals surface area contributed by atoms with Gasteiger partial charge in [-0.1, -0.05) is 58.8 Å². The highest BCUT2D eigenvalue weighted by molar-refractivity contribution is 9.10. The van der Waals surface area contributed by atoms with Crippen LogP contribution < -0.4 is 5.32 Å². The van der Waals surface area contributed by atoms with Crippen molar-refractivity contribution in [2.75, 3.05) is 6.54 Å². The van der Waals surface area contributed by atoms with Crippen molar-refractivity contribution < 1.29 is 0 Å². The molecule has 0 aliphatic heterocycles. The summed E-state index contributed by atoms with van der Waals surface area (Å²) in [5.41, 5.74) is 1.31. The lowest BCUT2D eigenvalue weighted by molar-refractivity contribution is 0.441. The zero-order chi connectivity index (χ0) is 15.5. The molecular formula is C17H32BrN3. The third-order valence-corrected chi connectivity index (χ3v) is 4.62. The molecule has 0 aliphatic carbocycles. The zero-order valence-corrected chi connectivity index (χ0v) is 15.6. The van der Waals surface area contributed by atoms with Gasteiger partial charge in [-0.2, -0.15) is 5.10 Å². The van der Waals surface area contributed by atoms with Crippen molar-refractivity contribution in [2.45, 2.75) is 84.7 Å². The van der Waals surface area contributed by atoms with E-state index in [1.165, 1.54) is 57.1 Å². The van der Waals surface area contributed by atoms with Crippen LogP contribution in [0.15, 0.2) is 10.7 Å². The van der Waals surface area contributed by atoms with Crippen LogP contribution in [-0.4, -0.2) is 16.3 Å². The average Bonchev–Trinajstić information content (AvgIpc) is 2.86. The van der Waals surface area contributed by atoms with Crippen LogP contribution in [0, 0.1) is 0 Å². The summed E-state index contributed by atoms with van der Waals surface area (Å²) in [6.07, 6.45) is 12.7. The summed E-state index contributed by atoms with van der Waals surface area (Å²) in [6.45, 7) is 8.54. The molecule has 122 valence electrons. The normalized spacial score (nSPS) is 12.8. The summed E-state index contributed by atoms with van der Waals surface area (Å²) >= 11 is 3.66. The Morgan fingerprint density at radius 1 is 1.10 bits per heavy atom. The van der Waals surface area contributed by atoms with Crippen molar-refractivity contribution in [1.82, 2.24) is 15.1 Å². The monoisotopic (exact) mass is 357 g/mol. The average molecular weight is 358 g/mol. The molecule has 0 bridgehead atoms. The maximum atomic E-state index is 4.45. The van der Waals surface area contributed by atoms with Crippen molar-refractivity contribution in [3.8, 4) is 0 Å². The van der Waals surface area contributed by atoms with Gasteiger partial charge >= 0.3 is 0 Å². The summed E-state index contributed by atoms with van der Waals surface area (Å²) in [7, 11) is 0. The van der Waals surface area contributed by atoms with Crippen LogP contribution in [-0.2, 0) is 6.54 Å². The predicted octanol–water partition coefficient (Wildman–Crippen LogP) is 5.46. The third kappa shape index (κ3) is 6.52. The minimum Gasteiger partial charge on any atom is -0.309 e. The van der Waals surface area contributed by atoms with Crippen LogP contribution in [0.5, 0.6) is 0 Å². The molecule has 1 aromatic rings. The van der Waals surface area contributed by atoms with Gasteiger partial charge in [0.15, 0.2) is 0 Å². The fourth-order valence-corrected chi connectivity index (χ4v) is 3.43. The van der Waals surface area contributed by atoms with Crippen LogP contribution in [0.2, 0.25) is 0 Å². The first-order valence-electron chi connectivity index (χ1n) is 8.69. The number of rotatable bonds is 12. The van der Waals surface area contributed by atoms with Crippen molar-refractivity contribution in [1.29, 1.82) is 0 Å². The summed E-state index contributed by atoms with van der Waals surface area (Å²) in [4.78, 5) is 0. The molecule has 0 amide bonds. The Kier molecular flexibility index (Phi) is 10.0. The molecule has 0 fully saturated rings. The molecule has 1 unspecified atom stereocenters. The first kappa shape index (κ1) is 18.7. The number of hydrogen-bond donors (Lipinski definition) is 1. The molecule has 0 radical (unpaired) electrons. The van der Waals surface area contributed by atoms with Crippen molar-refractivity contribution in [3.05, 3.63) is 16.4 Å². The first-order valence-corrected chi connectivity index (χ1v) is 9.48. The van der Waals surface area contributed by atoms with Crippen molar-refractivity contribution in [3.63, 3.8) is 0 Å². The van der Waals surface area contributed by atoms with Crippen LogP contribution in [0.4, 0.5) is 0 Å². The third-order valence-electron chi connectivity index (χ3n) is 4.01. The maximum absolute atomic E-state index is 4.45. The molecule has 1 heterocycles. The smallest absolute Gasteiger partial charge is 0.0695 e. The highest BCUT2D eigenvalue weighted by Gasteiger charge is 2.18. The molecule has 0 spiro atoms. The number of nitrogens with one attached hydrogen (secondary N) is 1. The molecule has 0 saturated carbocycles. The Morgan fingerprint density at radius 3 is 2.38 bits per heavy atom. The van der Waals surface area contributed by atoms with Crippen molar-refractivity contribution in [2.24, 2.45) is 0 Å². The fourth-order valence-electron chi connectivity index (χ4n) is 2.86.